The van der Waals surface area contributed by atoms with E-state index in [9.17, 15) is 10.1 Å². The smallest absolute Gasteiger partial charge is 0.340 e. The molecule has 0 fully saturated rings. The lowest BCUT2D eigenvalue weighted by Crippen LogP contribution is -2.24. The van der Waals surface area contributed by atoms with E-state index in [1.54, 1.807) is 24.4 Å². The molecule has 0 unspecified atom stereocenters. The van der Waals surface area contributed by atoms with Gasteiger partial charge < -0.3 is 9.14 Å². The zero-order chi connectivity index (χ0) is 14.9. The fraction of sp³-hybridized carbons (Fsp3) is 0.267. The standard InChI is InChI=1S/C15H15N3O2/c1-9(2)12-10(8-16)14(17)18-7-5-4-6-11(18)13(12)15(19)20-3/h4-7,9,17H,1-3H3. The number of fused-ring (bicyclic) bond motifs is 1. The molecule has 0 spiro atoms. The maximum Gasteiger partial charge on any atom is 0.340 e. The van der Waals surface area contributed by atoms with Crippen molar-refractivity contribution in [3.05, 3.63) is 46.6 Å². The molecule has 0 aromatic carbocycles. The molecule has 2 heterocycles. The average molecular weight is 269 g/mol. The minimum Gasteiger partial charge on any atom is -0.465 e. The number of hydrogen-bond acceptors (Lipinski definition) is 4. The van der Waals surface area contributed by atoms with E-state index in [2.05, 4.69) is 0 Å². The number of esters is 1. The molecule has 0 aliphatic rings. The number of rotatable bonds is 2. The van der Waals surface area contributed by atoms with E-state index in [-0.39, 0.29) is 17.0 Å². The Balaban J connectivity index is 3.10. The van der Waals surface area contributed by atoms with Crippen molar-refractivity contribution in [3.8, 4) is 6.07 Å². The van der Waals surface area contributed by atoms with Crippen molar-refractivity contribution in [2.24, 2.45) is 0 Å². The fourth-order valence-corrected chi connectivity index (χ4v) is 2.36. The zero-order valence-electron chi connectivity index (χ0n) is 11.6. The van der Waals surface area contributed by atoms with Gasteiger partial charge in [0, 0.05) is 6.20 Å². The highest BCUT2D eigenvalue weighted by atomic mass is 16.5. The van der Waals surface area contributed by atoms with E-state index in [1.807, 2.05) is 19.9 Å². The maximum absolute atomic E-state index is 12.1. The third-order valence-electron chi connectivity index (χ3n) is 3.21. The Kier molecular flexibility index (Phi) is 3.57. The van der Waals surface area contributed by atoms with Crippen LogP contribution in [0.4, 0.5) is 0 Å². The molecule has 2 aromatic heterocycles. The van der Waals surface area contributed by atoms with Crippen LogP contribution >= 0.6 is 0 Å². The van der Waals surface area contributed by atoms with Crippen LogP contribution in [-0.2, 0) is 4.74 Å². The Bertz CT molecular complexity index is 782. The molecule has 0 aliphatic carbocycles. The second kappa shape index (κ2) is 5.17. The molecule has 0 atom stereocenters. The third-order valence-corrected chi connectivity index (χ3v) is 3.21. The first-order valence-electron chi connectivity index (χ1n) is 6.23. The summed E-state index contributed by atoms with van der Waals surface area (Å²) >= 11 is 0. The molecule has 5 heteroatoms. The van der Waals surface area contributed by atoms with Gasteiger partial charge in [-0.2, -0.15) is 5.26 Å². The van der Waals surface area contributed by atoms with Crippen LogP contribution in [0.5, 0.6) is 0 Å². The van der Waals surface area contributed by atoms with Gasteiger partial charge in [0.2, 0.25) is 0 Å². The molecule has 20 heavy (non-hydrogen) atoms. The van der Waals surface area contributed by atoms with Gasteiger partial charge in [-0.1, -0.05) is 19.9 Å². The fourth-order valence-electron chi connectivity index (χ4n) is 2.36. The molecule has 0 saturated carbocycles. The van der Waals surface area contributed by atoms with Gasteiger partial charge in [-0.05, 0) is 23.6 Å². The summed E-state index contributed by atoms with van der Waals surface area (Å²) < 4.78 is 6.38. The van der Waals surface area contributed by atoms with Gasteiger partial charge in [0.1, 0.15) is 11.6 Å². The van der Waals surface area contributed by atoms with Gasteiger partial charge >= 0.3 is 5.97 Å². The number of hydrogen-bond donors (Lipinski definition) is 1. The van der Waals surface area contributed by atoms with Crippen LogP contribution < -0.4 is 5.49 Å². The van der Waals surface area contributed by atoms with Gasteiger partial charge in [0.25, 0.3) is 0 Å². The van der Waals surface area contributed by atoms with E-state index in [1.165, 1.54) is 11.5 Å². The van der Waals surface area contributed by atoms with Crippen molar-refractivity contribution in [1.29, 1.82) is 10.7 Å². The van der Waals surface area contributed by atoms with Gasteiger partial charge in [0.15, 0.2) is 0 Å². The normalized spacial score (nSPS) is 10.6. The first-order valence-corrected chi connectivity index (χ1v) is 6.23. The van der Waals surface area contributed by atoms with Crippen molar-refractivity contribution in [2.75, 3.05) is 7.11 Å². The highest BCUT2D eigenvalue weighted by Gasteiger charge is 2.23. The first kappa shape index (κ1) is 13.8. The topological polar surface area (TPSA) is 78.3 Å². The van der Waals surface area contributed by atoms with Crippen LogP contribution in [0.3, 0.4) is 0 Å². The van der Waals surface area contributed by atoms with Crippen molar-refractivity contribution in [1.82, 2.24) is 4.40 Å². The summed E-state index contributed by atoms with van der Waals surface area (Å²) in [5.41, 5.74) is 1.79. The molecule has 5 nitrogen and oxygen atoms in total. The summed E-state index contributed by atoms with van der Waals surface area (Å²) in [7, 11) is 1.31. The highest BCUT2D eigenvalue weighted by Crippen LogP contribution is 2.25. The Morgan fingerprint density at radius 3 is 2.70 bits per heavy atom. The molecule has 0 bridgehead atoms. The molecule has 0 aliphatic heterocycles. The number of carbonyl (C=O) groups is 1. The number of pyridine rings is 2. The second-order valence-electron chi connectivity index (χ2n) is 4.73. The van der Waals surface area contributed by atoms with Crippen LogP contribution in [0.1, 0.15) is 41.3 Å². The van der Waals surface area contributed by atoms with Crippen molar-refractivity contribution < 1.29 is 9.53 Å². The van der Waals surface area contributed by atoms with Crippen molar-refractivity contribution in [2.45, 2.75) is 19.8 Å². The molecule has 2 aromatic rings. The molecule has 0 saturated heterocycles. The predicted octanol–water partition coefficient (Wildman–Crippen LogP) is 2.20. The van der Waals surface area contributed by atoms with Crippen LogP contribution in [0, 0.1) is 16.7 Å². The number of methoxy groups -OCH3 is 1. The van der Waals surface area contributed by atoms with Crippen LogP contribution in [0.15, 0.2) is 24.4 Å². The number of ether oxygens (including phenoxy) is 1. The molecule has 0 amide bonds. The lowest BCUT2D eigenvalue weighted by Gasteiger charge is -2.17. The predicted molar refractivity (Wildman–Crippen MR) is 73.4 cm³/mol. The van der Waals surface area contributed by atoms with E-state index in [0.29, 0.717) is 16.6 Å². The average Bonchev–Trinajstić information content (AvgIpc) is 2.46. The summed E-state index contributed by atoms with van der Waals surface area (Å²) in [6, 6.07) is 7.33. The largest absolute Gasteiger partial charge is 0.465 e. The highest BCUT2D eigenvalue weighted by molar-refractivity contribution is 5.99. The van der Waals surface area contributed by atoms with Crippen molar-refractivity contribution >= 4 is 11.5 Å². The number of nitriles is 1. The minimum absolute atomic E-state index is 0.0620. The van der Waals surface area contributed by atoms with Crippen LogP contribution in [0.25, 0.3) is 5.52 Å². The molecule has 102 valence electrons. The SMILES string of the molecule is COC(=O)c1c(C(C)C)c(C#N)c(=N)n2ccccc12. The third kappa shape index (κ3) is 1.95. The summed E-state index contributed by atoms with van der Waals surface area (Å²) in [4.78, 5) is 12.1. The quantitative estimate of drug-likeness (QED) is 0.849. The number of nitrogens with zero attached hydrogens (tertiary/aromatic N) is 2. The number of carbonyl (C=O) groups excluding carboxylic acids is 1. The summed E-state index contributed by atoms with van der Waals surface area (Å²) in [5, 5.41) is 17.5. The van der Waals surface area contributed by atoms with E-state index in [4.69, 9.17) is 10.1 Å². The summed E-state index contributed by atoms with van der Waals surface area (Å²) in [6.07, 6.45) is 1.66. The lowest BCUT2D eigenvalue weighted by molar-refractivity contribution is 0.0600. The van der Waals surface area contributed by atoms with Crippen LogP contribution in [0.2, 0.25) is 0 Å². The Morgan fingerprint density at radius 2 is 2.15 bits per heavy atom. The number of nitrogens with one attached hydrogen (secondary N) is 1. The van der Waals surface area contributed by atoms with E-state index < -0.39 is 5.97 Å². The lowest BCUT2D eigenvalue weighted by atomic mass is 9.92. The zero-order valence-corrected chi connectivity index (χ0v) is 11.6. The summed E-state index contributed by atoms with van der Waals surface area (Å²) in [6.45, 7) is 3.78. The molecule has 0 radical (unpaired) electrons. The monoisotopic (exact) mass is 269 g/mol. The maximum atomic E-state index is 12.1. The molecular weight excluding hydrogens is 254 g/mol. The molecule has 2 rings (SSSR count). The van der Waals surface area contributed by atoms with Crippen molar-refractivity contribution in [3.63, 3.8) is 0 Å². The van der Waals surface area contributed by atoms with Crippen LogP contribution in [-0.4, -0.2) is 17.5 Å². The van der Waals surface area contributed by atoms with E-state index in [0.717, 1.165) is 0 Å². The first-order chi connectivity index (χ1) is 9.52. The molecular formula is C15H15N3O2. The second-order valence-corrected chi connectivity index (χ2v) is 4.73. The van der Waals surface area contributed by atoms with Gasteiger partial charge in [-0.3, -0.25) is 5.41 Å². The Hall–Kier alpha value is -2.61. The van der Waals surface area contributed by atoms with Gasteiger partial charge in [0.05, 0.1) is 23.8 Å². The molecule has 1 N–H and O–H groups in total. The summed E-state index contributed by atoms with van der Waals surface area (Å²) in [5.74, 6) is -0.554. The Morgan fingerprint density at radius 1 is 1.45 bits per heavy atom. The van der Waals surface area contributed by atoms with E-state index >= 15 is 0 Å². The number of aromatic nitrogens is 1. The Labute approximate surface area is 116 Å². The minimum atomic E-state index is -0.492. The van der Waals surface area contributed by atoms with Gasteiger partial charge in [-0.25, -0.2) is 4.79 Å². The van der Waals surface area contributed by atoms with Gasteiger partial charge in [-0.15, -0.1) is 0 Å².